The fourth-order valence-corrected chi connectivity index (χ4v) is 4.93. The van der Waals surface area contributed by atoms with Crippen molar-refractivity contribution in [3.05, 3.63) is 90.2 Å². The fraction of sp³-hybridized carbons (Fsp3) is 0.240. The van der Waals surface area contributed by atoms with Gasteiger partial charge in [0.1, 0.15) is 0 Å². The third-order valence-electron chi connectivity index (χ3n) is 5.60. The van der Waals surface area contributed by atoms with Gasteiger partial charge >= 0.3 is 0 Å². The van der Waals surface area contributed by atoms with Crippen LogP contribution in [0.25, 0.3) is 0 Å². The zero-order chi connectivity index (χ0) is 25.7. The Kier molecular flexibility index (Phi) is 8.11. The van der Waals surface area contributed by atoms with E-state index in [9.17, 15) is 21.4 Å². The summed E-state index contributed by atoms with van der Waals surface area (Å²) in [6, 6.07) is 13.9. The van der Waals surface area contributed by atoms with Crippen molar-refractivity contribution in [2.75, 3.05) is 17.2 Å². The molecule has 0 radical (unpaired) electrons. The average molecular weight is 517 g/mol. The molecule has 35 heavy (non-hydrogen) atoms. The lowest BCUT2D eigenvalue weighted by Crippen LogP contribution is -2.28. The van der Waals surface area contributed by atoms with Crippen LogP contribution in [0.15, 0.2) is 94.5 Å². The zero-order valence-corrected chi connectivity index (χ0v) is 21.1. The molecule has 186 valence electrons. The first-order valence-corrected chi connectivity index (χ1v) is 13.9. The van der Waals surface area contributed by atoms with Crippen LogP contribution in [-0.4, -0.2) is 44.5 Å². The molecule has 0 saturated carbocycles. The second-order valence-electron chi connectivity index (χ2n) is 8.51. The number of hydrogen-bond donors (Lipinski definition) is 2. The van der Waals surface area contributed by atoms with Gasteiger partial charge in [-0.1, -0.05) is 50.3 Å². The minimum absolute atomic E-state index is 0.172. The summed E-state index contributed by atoms with van der Waals surface area (Å²) in [5.74, 6) is -0.394. The van der Waals surface area contributed by atoms with Gasteiger partial charge in [0.05, 0.1) is 16.3 Å². The zero-order valence-electron chi connectivity index (χ0n) is 19.4. The Morgan fingerprint density at radius 1 is 0.943 bits per heavy atom. The molecular weight excluding hydrogens is 488 g/mol. The molecule has 0 fully saturated rings. The second-order valence-corrected chi connectivity index (χ2v) is 11.5. The number of fused-ring (bicyclic) bond motifs is 1. The van der Waals surface area contributed by atoms with E-state index in [1.807, 2.05) is 73.4 Å². The van der Waals surface area contributed by atoms with Crippen molar-refractivity contribution in [1.82, 2.24) is 0 Å². The first-order valence-electron chi connectivity index (χ1n) is 10.9. The predicted octanol–water partition coefficient (Wildman–Crippen LogP) is 4.71. The van der Waals surface area contributed by atoms with Crippen molar-refractivity contribution >= 4 is 37.8 Å². The lowest BCUT2D eigenvalue weighted by Gasteiger charge is -2.26. The molecule has 1 aliphatic heterocycles. The van der Waals surface area contributed by atoms with E-state index in [1.165, 1.54) is 12.1 Å². The van der Waals surface area contributed by atoms with Crippen molar-refractivity contribution in [2.45, 2.75) is 30.6 Å². The number of nitrogens with zero attached hydrogens (tertiary/aromatic N) is 2. The quantitative estimate of drug-likeness (QED) is 0.281. The van der Waals surface area contributed by atoms with Crippen LogP contribution in [0, 0.1) is 0 Å². The van der Waals surface area contributed by atoms with Crippen LogP contribution in [0.1, 0.15) is 25.8 Å². The van der Waals surface area contributed by atoms with Gasteiger partial charge in [0.15, 0.2) is 0 Å². The molecule has 8 nitrogen and oxygen atoms in total. The fourth-order valence-electron chi connectivity index (χ4n) is 3.93. The van der Waals surface area contributed by atoms with Gasteiger partial charge in [0.25, 0.3) is 20.2 Å². The Hall–Kier alpha value is -3.05. The third-order valence-corrected chi connectivity index (χ3v) is 7.25. The van der Waals surface area contributed by atoms with E-state index in [0.717, 1.165) is 11.4 Å². The van der Waals surface area contributed by atoms with Crippen molar-refractivity contribution in [1.29, 1.82) is 0 Å². The SMILES string of the molecule is CC1(C)\C(=C/C=C/C=C/C=Nc2ccccc2)N(CCCS(=O)(=O)O)c2ccc(S(=O)(=O)O)cc21. The lowest BCUT2D eigenvalue weighted by atomic mass is 9.83. The molecule has 0 spiro atoms. The first kappa shape index (κ1) is 26.6. The molecule has 0 aliphatic carbocycles. The Morgan fingerprint density at radius 2 is 1.63 bits per heavy atom. The van der Waals surface area contributed by atoms with Gasteiger partial charge in [-0.3, -0.25) is 14.1 Å². The largest absolute Gasteiger partial charge is 0.344 e. The van der Waals surface area contributed by atoms with Crippen LogP contribution in [-0.2, 0) is 25.7 Å². The molecule has 1 aliphatic rings. The van der Waals surface area contributed by atoms with E-state index in [0.29, 0.717) is 17.8 Å². The van der Waals surface area contributed by atoms with Crippen LogP contribution in [0.5, 0.6) is 0 Å². The van der Waals surface area contributed by atoms with Crippen LogP contribution in [0.4, 0.5) is 11.4 Å². The number of allylic oxidation sites excluding steroid dienone is 6. The summed E-state index contributed by atoms with van der Waals surface area (Å²) in [6.07, 6.45) is 11.0. The van der Waals surface area contributed by atoms with Crippen molar-refractivity contribution in [3.63, 3.8) is 0 Å². The van der Waals surface area contributed by atoms with Crippen LogP contribution in [0.2, 0.25) is 0 Å². The smallest absolute Gasteiger partial charge is 0.294 e. The summed E-state index contributed by atoms with van der Waals surface area (Å²) >= 11 is 0. The predicted molar refractivity (Wildman–Crippen MR) is 139 cm³/mol. The number of benzene rings is 2. The summed E-state index contributed by atoms with van der Waals surface area (Å²) in [7, 11) is -8.49. The summed E-state index contributed by atoms with van der Waals surface area (Å²) in [5, 5.41) is 0. The standard InChI is InChI=1S/C25H28N2O6S2/c1-25(2)22-19-21(35(31,32)33)14-15-23(22)27(17-10-18-34(28,29)30)24(25)13-8-3-4-9-16-26-20-11-6-5-7-12-20/h3-9,11-16,19H,10,17-18H2,1-2H3,(H,28,29,30)(H,31,32,33)/b8-3+,9-4+,24-13+,26-16?. The Labute approximate surface area is 206 Å². The molecule has 1 heterocycles. The Morgan fingerprint density at radius 3 is 2.29 bits per heavy atom. The van der Waals surface area contributed by atoms with Gasteiger partial charge < -0.3 is 4.90 Å². The van der Waals surface area contributed by atoms with Crippen LogP contribution in [0.3, 0.4) is 0 Å². The van der Waals surface area contributed by atoms with Gasteiger partial charge in [-0.25, -0.2) is 0 Å². The molecule has 3 rings (SSSR count). The molecule has 2 aromatic carbocycles. The molecular formula is C25H28N2O6S2. The molecule has 0 atom stereocenters. The van der Waals surface area contributed by atoms with Gasteiger partial charge in [-0.15, -0.1) is 0 Å². The number of rotatable bonds is 9. The van der Waals surface area contributed by atoms with E-state index in [2.05, 4.69) is 4.99 Å². The maximum atomic E-state index is 11.7. The first-order chi connectivity index (χ1) is 16.4. The van der Waals surface area contributed by atoms with Crippen molar-refractivity contribution in [2.24, 2.45) is 4.99 Å². The maximum Gasteiger partial charge on any atom is 0.294 e. The monoisotopic (exact) mass is 516 g/mol. The summed E-state index contributed by atoms with van der Waals surface area (Å²) in [6.45, 7) is 4.13. The normalized spacial score (nSPS) is 17.3. The van der Waals surface area contributed by atoms with Gasteiger partial charge in [-0.2, -0.15) is 16.8 Å². The number of anilines is 1. The van der Waals surface area contributed by atoms with Gasteiger partial charge in [0, 0.05) is 29.6 Å². The second kappa shape index (κ2) is 10.7. The number of hydrogen-bond acceptors (Lipinski definition) is 6. The highest BCUT2D eigenvalue weighted by atomic mass is 32.2. The molecule has 0 amide bonds. The third kappa shape index (κ3) is 6.98. The van der Waals surface area contributed by atoms with E-state index in [-0.39, 0.29) is 11.3 Å². The highest BCUT2D eigenvalue weighted by Crippen LogP contribution is 2.48. The van der Waals surface area contributed by atoms with Crippen LogP contribution < -0.4 is 4.90 Å². The van der Waals surface area contributed by atoms with Gasteiger partial charge in [-0.05, 0) is 54.5 Å². The molecule has 2 N–H and O–H groups in total. The highest BCUT2D eigenvalue weighted by molar-refractivity contribution is 7.86. The van der Waals surface area contributed by atoms with Gasteiger partial charge in [0.2, 0.25) is 0 Å². The summed E-state index contributed by atoms with van der Waals surface area (Å²) in [5.41, 5.74) is 2.43. The maximum absolute atomic E-state index is 11.7. The number of para-hydroxylation sites is 1. The summed E-state index contributed by atoms with van der Waals surface area (Å²) < 4.78 is 64.4. The molecule has 10 heteroatoms. The molecule has 0 bridgehead atoms. The topological polar surface area (TPSA) is 124 Å². The highest BCUT2D eigenvalue weighted by Gasteiger charge is 2.40. The minimum Gasteiger partial charge on any atom is -0.344 e. The van der Waals surface area contributed by atoms with E-state index in [1.54, 1.807) is 18.4 Å². The van der Waals surface area contributed by atoms with E-state index >= 15 is 0 Å². The van der Waals surface area contributed by atoms with E-state index in [4.69, 9.17) is 4.55 Å². The summed E-state index contributed by atoms with van der Waals surface area (Å²) in [4.78, 5) is 6.01. The molecule has 0 aromatic heterocycles. The van der Waals surface area contributed by atoms with Crippen LogP contribution >= 0.6 is 0 Å². The lowest BCUT2D eigenvalue weighted by molar-refractivity contribution is 0.479. The molecule has 0 saturated heterocycles. The number of aliphatic imine (C=N–C) groups is 1. The Balaban J connectivity index is 1.87. The van der Waals surface area contributed by atoms with E-state index < -0.39 is 31.4 Å². The average Bonchev–Trinajstić information content (AvgIpc) is 2.98. The van der Waals surface area contributed by atoms with Crippen molar-refractivity contribution in [3.8, 4) is 0 Å². The molecule has 0 unspecified atom stereocenters. The van der Waals surface area contributed by atoms with Crippen molar-refractivity contribution < 1.29 is 25.9 Å². The minimum atomic E-state index is -4.38. The molecule has 2 aromatic rings. The Bertz CT molecular complexity index is 1390.